The van der Waals surface area contributed by atoms with Gasteiger partial charge in [-0.2, -0.15) is 4.98 Å². The lowest BCUT2D eigenvalue weighted by Gasteiger charge is -2.07. The number of hydrogen-bond acceptors (Lipinski definition) is 5. The van der Waals surface area contributed by atoms with E-state index in [9.17, 15) is 13.2 Å². The zero-order valence-electron chi connectivity index (χ0n) is 10.5. The Morgan fingerprint density at radius 3 is 2.48 bits per heavy atom. The van der Waals surface area contributed by atoms with Crippen LogP contribution in [0.1, 0.15) is 15.9 Å². The highest BCUT2D eigenvalue weighted by Gasteiger charge is 2.13. The van der Waals surface area contributed by atoms with E-state index in [1.165, 1.54) is 36.5 Å². The summed E-state index contributed by atoms with van der Waals surface area (Å²) in [6.07, 6.45) is 1.33. The predicted molar refractivity (Wildman–Crippen MR) is 76.7 cm³/mol. The number of carbonyl (C=O) groups is 1. The Balaban J connectivity index is 2.12. The van der Waals surface area contributed by atoms with Gasteiger partial charge in [-0.25, -0.2) is 18.2 Å². The van der Waals surface area contributed by atoms with Gasteiger partial charge in [0.2, 0.25) is 15.3 Å². The molecule has 2 rings (SSSR count). The fraction of sp³-hybridized carbons (Fsp3) is 0.0833. The van der Waals surface area contributed by atoms with Gasteiger partial charge in [-0.05, 0) is 35.4 Å². The summed E-state index contributed by atoms with van der Waals surface area (Å²) < 4.78 is 26.2. The lowest BCUT2D eigenvalue weighted by atomic mass is 10.1. The van der Waals surface area contributed by atoms with Crippen molar-refractivity contribution < 1.29 is 18.3 Å². The molecule has 0 unspecified atom stereocenters. The molecule has 1 aromatic heterocycles. The molecule has 0 amide bonds. The van der Waals surface area contributed by atoms with E-state index < -0.39 is 16.0 Å². The third kappa shape index (κ3) is 4.40. The molecule has 0 saturated heterocycles. The summed E-state index contributed by atoms with van der Waals surface area (Å²) in [6, 6.07) is 6.94. The molecular formula is C12H10ClN3O4S. The van der Waals surface area contributed by atoms with Crippen LogP contribution >= 0.6 is 11.6 Å². The maximum atomic E-state index is 12.0. The van der Waals surface area contributed by atoms with Crippen molar-refractivity contribution in [3.05, 3.63) is 52.9 Å². The number of halogens is 1. The molecule has 0 aliphatic rings. The maximum Gasteiger partial charge on any atom is 0.335 e. The number of anilines is 1. The molecular weight excluding hydrogens is 318 g/mol. The van der Waals surface area contributed by atoms with Crippen LogP contribution in [0.2, 0.25) is 5.28 Å². The Labute approximate surface area is 125 Å². The first-order chi connectivity index (χ1) is 9.85. The standard InChI is InChI=1S/C12H10ClN3O4S/c13-12-14-6-5-10(15-12)16-21(19,20)7-8-1-3-9(4-2-8)11(17)18/h1-6H,7H2,(H,17,18)(H,14,15,16). The van der Waals surface area contributed by atoms with E-state index in [0.29, 0.717) is 5.56 Å². The summed E-state index contributed by atoms with van der Waals surface area (Å²) in [7, 11) is -3.68. The highest BCUT2D eigenvalue weighted by atomic mass is 35.5. The lowest BCUT2D eigenvalue weighted by Crippen LogP contribution is -2.16. The van der Waals surface area contributed by atoms with Gasteiger partial charge in [-0.1, -0.05) is 12.1 Å². The molecule has 2 N–H and O–H groups in total. The second kappa shape index (κ2) is 6.06. The average molecular weight is 328 g/mol. The molecule has 0 aliphatic carbocycles. The van der Waals surface area contributed by atoms with Crippen LogP contribution in [0.3, 0.4) is 0 Å². The molecule has 2 aromatic rings. The Morgan fingerprint density at radius 1 is 1.24 bits per heavy atom. The molecule has 7 nitrogen and oxygen atoms in total. The van der Waals surface area contributed by atoms with E-state index in [1.807, 2.05) is 0 Å². The van der Waals surface area contributed by atoms with Gasteiger partial charge < -0.3 is 5.11 Å². The van der Waals surface area contributed by atoms with E-state index in [-0.39, 0.29) is 22.4 Å². The Bertz CT molecular complexity index is 762. The molecule has 1 heterocycles. The highest BCUT2D eigenvalue weighted by Crippen LogP contribution is 2.12. The third-order valence-electron chi connectivity index (χ3n) is 2.44. The number of sulfonamides is 1. The summed E-state index contributed by atoms with van der Waals surface area (Å²) >= 11 is 5.57. The van der Waals surface area contributed by atoms with Crippen LogP contribution < -0.4 is 4.72 Å². The Morgan fingerprint density at radius 2 is 1.90 bits per heavy atom. The van der Waals surface area contributed by atoms with Crippen molar-refractivity contribution in [3.63, 3.8) is 0 Å². The quantitative estimate of drug-likeness (QED) is 0.810. The first-order valence-electron chi connectivity index (χ1n) is 5.67. The predicted octanol–water partition coefficient (Wildman–Crippen LogP) is 1.77. The Hall–Kier alpha value is -2.19. The molecule has 9 heteroatoms. The molecule has 1 aromatic carbocycles. The number of benzene rings is 1. The van der Waals surface area contributed by atoms with Gasteiger partial charge in [-0.15, -0.1) is 0 Å². The van der Waals surface area contributed by atoms with Crippen LogP contribution in [0, 0.1) is 0 Å². The van der Waals surface area contributed by atoms with Gasteiger partial charge in [0.15, 0.2) is 0 Å². The van der Waals surface area contributed by atoms with Gasteiger partial charge in [-0.3, -0.25) is 4.72 Å². The molecule has 0 atom stereocenters. The number of rotatable bonds is 5. The monoisotopic (exact) mass is 327 g/mol. The summed E-state index contributed by atoms with van der Waals surface area (Å²) in [5, 5.41) is 8.70. The van der Waals surface area contributed by atoms with Gasteiger partial charge in [0, 0.05) is 6.20 Å². The lowest BCUT2D eigenvalue weighted by molar-refractivity contribution is 0.0697. The normalized spacial score (nSPS) is 11.1. The fourth-order valence-corrected chi connectivity index (χ4v) is 2.83. The van der Waals surface area contributed by atoms with Crippen molar-refractivity contribution in [2.24, 2.45) is 0 Å². The zero-order chi connectivity index (χ0) is 15.5. The van der Waals surface area contributed by atoms with Crippen molar-refractivity contribution in [2.75, 3.05) is 4.72 Å². The Kier molecular flexibility index (Phi) is 4.39. The van der Waals surface area contributed by atoms with Crippen LogP contribution in [-0.4, -0.2) is 29.5 Å². The van der Waals surface area contributed by atoms with Crippen molar-refractivity contribution in [1.29, 1.82) is 0 Å². The van der Waals surface area contributed by atoms with Crippen LogP contribution in [-0.2, 0) is 15.8 Å². The molecule has 21 heavy (non-hydrogen) atoms. The van der Waals surface area contributed by atoms with Crippen molar-refractivity contribution in [1.82, 2.24) is 9.97 Å². The van der Waals surface area contributed by atoms with Crippen molar-refractivity contribution >= 4 is 33.4 Å². The minimum Gasteiger partial charge on any atom is -0.478 e. The van der Waals surface area contributed by atoms with Gasteiger partial charge in [0.05, 0.1) is 11.3 Å². The number of aromatic carboxylic acids is 1. The van der Waals surface area contributed by atoms with Gasteiger partial charge in [0.25, 0.3) is 0 Å². The van der Waals surface area contributed by atoms with Crippen LogP contribution in [0.15, 0.2) is 36.5 Å². The van der Waals surface area contributed by atoms with Crippen molar-refractivity contribution in [3.8, 4) is 0 Å². The largest absolute Gasteiger partial charge is 0.478 e. The molecule has 0 fully saturated rings. The SMILES string of the molecule is O=C(O)c1ccc(CS(=O)(=O)Nc2ccnc(Cl)n2)cc1. The van der Waals surface area contributed by atoms with Crippen LogP contribution in [0.4, 0.5) is 5.82 Å². The number of hydrogen-bond donors (Lipinski definition) is 2. The second-order valence-corrected chi connectivity index (χ2v) is 6.13. The summed E-state index contributed by atoms with van der Waals surface area (Å²) in [6.45, 7) is 0. The fourth-order valence-electron chi connectivity index (χ4n) is 1.55. The highest BCUT2D eigenvalue weighted by molar-refractivity contribution is 7.91. The number of carboxylic acid groups (broad SMARTS) is 1. The van der Waals surface area contributed by atoms with E-state index in [4.69, 9.17) is 16.7 Å². The van der Waals surface area contributed by atoms with E-state index in [1.54, 1.807) is 0 Å². The maximum absolute atomic E-state index is 12.0. The summed E-state index contributed by atoms with van der Waals surface area (Å²) in [5.74, 6) is -1.32. The first-order valence-corrected chi connectivity index (χ1v) is 7.70. The minimum absolute atomic E-state index is 0.0668. The molecule has 0 saturated carbocycles. The summed E-state index contributed by atoms with van der Waals surface area (Å²) in [5.41, 5.74) is 0.541. The van der Waals surface area contributed by atoms with Gasteiger partial charge >= 0.3 is 5.97 Å². The molecule has 0 bridgehead atoms. The number of nitrogens with zero attached hydrogens (tertiary/aromatic N) is 2. The summed E-state index contributed by atoms with van der Waals surface area (Å²) in [4.78, 5) is 18.1. The number of aromatic nitrogens is 2. The van der Waals surface area contributed by atoms with E-state index in [0.717, 1.165) is 0 Å². The third-order valence-corrected chi connectivity index (χ3v) is 3.86. The topological polar surface area (TPSA) is 109 Å². The molecule has 0 aliphatic heterocycles. The van der Waals surface area contributed by atoms with Gasteiger partial charge in [0.1, 0.15) is 5.82 Å². The average Bonchev–Trinajstić information content (AvgIpc) is 2.38. The van der Waals surface area contributed by atoms with E-state index in [2.05, 4.69) is 14.7 Å². The first kappa shape index (κ1) is 15.2. The number of nitrogens with one attached hydrogen (secondary N) is 1. The zero-order valence-corrected chi connectivity index (χ0v) is 12.1. The second-order valence-electron chi connectivity index (χ2n) is 4.07. The van der Waals surface area contributed by atoms with Crippen LogP contribution in [0.5, 0.6) is 0 Å². The van der Waals surface area contributed by atoms with E-state index >= 15 is 0 Å². The van der Waals surface area contributed by atoms with Crippen LogP contribution in [0.25, 0.3) is 0 Å². The number of carboxylic acids is 1. The van der Waals surface area contributed by atoms with Crippen molar-refractivity contribution in [2.45, 2.75) is 5.75 Å². The molecule has 0 spiro atoms. The smallest absolute Gasteiger partial charge is 0.335 e. The molecule has 0 radical (unpaired) electrons. The molecule has 110 valence electrons. The minimum atomic E-state index is -3.68.